The van der Waals surface area contributed by atoms with Crippen molar-refractivity contribution in [3.63, 3.8) is 0 Å². The third-order valence-electron chi connectivity index (χ3n) is 7.86. The first-order valence-corrected chi connectivity index (χ1v) is 12.0. The van der Waals surface area contributed by atoms with Crippen LogP contribution in [-0.2, 0) is 11.0 Å². The molecule has 0 radical (unpaired) electrons. The molecule has 2 saturated carbocycles. The molecule has 0 aliphatic heterocycles. The number of nitrogens with zero attached hydrogens (tertiary/aromatic N) is 1. The molecule has 0 bridgehead atoms. The number of benzene rings is 1. The summed E-state index contributed by atoms with van der Waals surface area (Å²) in [5.41, 5.74) is -0.305. The highest BCUT2D eigenvalue weighted by atomic mass is 19.4. The number of nitrogens with one attached hydrogen (secondary N) is 1. The number of alkyl halides is 3. The summed E-state index contributed by atoms with van der Waals surface area (Å²) in [6.07, 6.45) is -0.813. The third kappa shape index (κ3) is 4.74. The Morgan fingerprint density at radius 2 is 1.85 bits per heavy atom. The van der Waals surface area contributed by atoms with Crippen molar-refractivity contribution in [1.82, 2.24) is 10.3 Å². The molecular formula is C26H33F3N2O3. The highest BCUT2D eigenvalue weighted by Crippen LogP contribution is 2.47. The molecule has 0 spiro atoms. The van der Waals surface area contributed by atoms with Crippen LogP contribution in [0.4, 0.5) is 13.2 Å². The van der Waals surface area contributed by atoms with Gasteiger partial charge in [-0.15, -0.1) is 0 Å². The number of carbonyl (C=O) groups is 1. The molecule has 2 aromatic rings. The van der Waals surface area contributed by atoms with E-state index in [1.165, 1.54) is 12.1 Å². The van der Waals surface area contributed by atoms with Gasteiger partial charge in [0.25, 0.3) is 0 Å². The number of hydrogen-bond acceptors (Lipinski definition) is 4. The van der Waals surface area contributed by atoms with Crippen molar-refractivity contribution in [2.24, 2.45) is 17.3 Å². The molecule has 8 heteroatoms. The summed E-state index contributed by atoms with van der Waals surface area (Å²) in [7, 11) is 0. The molecular weight excluding hydrogens is 445 g/mol. The van der Waals surface area contributed by atoms with E-state index in [4.69, 9.17) is 4.74 Å². The number of aromatic nitrogens is 1. The zero-order valence-electron chi connectivity index (χ0n) is 20.1. The second-order valence-corrected chi connectivity index (χ2v) is 10.6. The first kappa shape index (κ1) is 24.8. The maximum absolute atomic E-state index is 14.1. The number of hydrogen-bond donors (Lipinski definition) is 2. The van der Waals surface area contributed by atoms with Crippen LogP contribution in [0.1, 0.15) is 77.1 Å². The van der Waals surface area contributed by atoms with E-state index >= 15 is 0 Å². The zero-order chi connectivity index (χ0) is 24.8. The van der Waals surface area contributed by atoms with Gasteiger partial charge in [0.1, 0.15) is 11.3 Å². The van der Waals surface area contributed by atoms with Gasteiger partial charge >= 0.3 is 12.1 Å². The summed E-state index contributed by atoms with van der Waals surface area (Å²) >= 11 is 0. The second-order valence-electron chi connectivity index (χ2n) is 10.6. The van der Waals surface area contributed by atoms with E-state index in [2.05, 4.69) is 17.2 Å². The summed E-state index contributed by atoms with van der Waals surface area (Å²) in [6.45, 7) is 7.88. The molecule has 0 amide bonds. The van der Waals surface area contributed by atoms with Crippen molar-refractivity contribution in [2.75, 3.05) is 0 Å². The van der Waals surface area contributed by atoms with Gasteiger partial charge in [-0.2, -0.15) is 13.2 Å². The summed E-state index contributed by atoms with van der Waals surface area (Å²) in [4.78, 5) is 15.9. The Morgan fingerprint density at radius 1 is 1.18 bits per heavy atom. The van der Waals surface area contributed by atoms with Crippen LogP contribution in [-0.4, -0.2) is 28.2 Å². The normalized spacial score (nSPS) is 27.7. The van der Waals surface area contributed by atoms with Crippen LogP contribution in [0, 0.1) is 17.3 Å². The number of ether oxygens (including phenoxy) is 1. The van der Waals surface area contributed by atoms with Crippen LogP contribution in [0.25, 0.3) is 10.9 Å². The summed E-state index contributed by atoms with van der Waals surface area (Å²) in [5.74, 6) is -0.768. The van der Waals surface area contributed by atoms with Crippen molar-refractivity contribution >= 4 is 16.9 Å². The van der Waals surface area contributed by atoms with Gasteiger partial charge in [-0.1, -0.05) is 26.8 Å². The first-order valence-electron chi connectivity index (χ1n) is 12.0. The number of halogens is 3. The average Bonchev–Trinajstić information content (AvgIpc) is 2.76. The zero-order valence-corrected chi connectivity index (χ0v) is 20.1. The van der Waals surface area contributed by atoms with Crippen LogP contribution in [0.5, 0.6) is 5.75 Å². The summed E-state index contributed by atoms with van der Waals surface area (Å²) in [6, 6.07) is 5.82. The Hall–Kier alpha value is -2.35. The lowest BCUT2D eigenvalue weighted by Crippen LogP contribution is -2.59. The summed E-state index contributed by atoms with van der Waals surface area (Å²) < 4.78 is 48.2. The van der Waals surface area contributed by atoms with Gasteiger partial charge in [-0.25, -0.2) is 0 Å². The van der Waals surface area contributed by atoms with Crippen molar-refractivity contribution in [3.05, 3.63) is 35.5 Å². The highest BCUT2D eigenvalue weighted by Gasteiger charge is 2.52. The van der Waals surface area contributed by atoms with E-state index in [-0.39, 0.29) is 34.8 Å². The van der Waals surface area contributed by atoms with E-state index in [0.717, 1.165) is 25.7 Å². The van der Waals surface area contributed by atoms with Crippen molar-refractivity contribution < 1.29 is 27.8 Å². The van der Waals surface area contributed by atoms with Crippen LogP contribution in [0.3, 0.4) is 0 Å². The van der Waals surface area contributed by atoms with E-state index < -0.39 is 29.0 Å². The highest BCUT2D eigenvalue weighted by molar-refractivity contribution is 5.85. The van der Waals surface area contributed by atoms with Crippen molar-refractivity contribution in [2.45, 2.75) is 84.2 Å². The molecule has 1 heterocycles. The Labute approximate surface area is 198 Å². The van der Waals surface area contributed by atoms with Gasteiger partial charge in [0.05, 0.1) is 23.2 Å². The average molecular weight is 479 g/mol. The molecule has 2 N–H and O–H groups in total. The molecule has 3 unspecified atom stereocenters. The molecule has 2 aliphatic carbocycles. The molecule has 1 aromatic carbocycles. The Bertz CT molecular complexity index is 1060. The molecule has 2 aliphatic rings. The molecule has 5 nitrogen and oxygen atoms in total. The lowest BCUT2D eigenvalue weighted by Gasteiger charge is -2.51. The monoisotopic (exact) mass is 478 g/mol. The molecule has 0 saturated heterocycles. The molecule has 2 fully saturated rings. The molecule has 3 atom stereocenters. The van der Waals surface area contributed by atoms with E-state index in [1.54, 1.807) is 12.1 Å². The largest absolute Gasteiger partial charge is 0.490 e. The van der Waals surface area contributed by atoms with Crippen LogP contribution in [0.15, 0.2) is 24.3 Å². The Balaban J connectivity index is 1.57. The van der Waals surface area contributed by atoms with Gasteiger partial charge < -0.3 is 15.2 Å². The smallest absolute Gasteiger partial charge is 0.420 e. The SMILES string of the molecule is CC(NC1CC(C(=O)O)C1(C)C)c1ccc2c(C(F)(F)F)c(O[C@H]3CC[C@@H](C)CC3)ccc2n1. The maximum atomic E-state index is 14.1. The number of aliphatic carboxylic acids is 1. The number of carboxylic acids is 1. The number of rotatable bonds is 6. The topological polar surface area (TPSA) is 71.5 Å². The predicted molar refractivity (Wildman–Crippen MR) is 124 cm³/mol. The lowest BCUT2D eigenvalue weighted by atomic mass is 9.58. The molecule has 186 valence electrons. The minimum atomic E-state index is -4.56. The Kier molecular flexibility index (Phi) is 6.57. The number of pyridine rings is 1. The first-order chi connectivity index (χ1) is 15.9. The van der Waals surface area contributed by atoms with Gasteiger partial charge in [0.15, 0.2) is 0 Å². The molecule has 34 heavy (non-hydrogen) atoms. The minimum Gasteiger partial charge on any atom is -0.490 e. The fourth-order valence-corrected chi connectivity index (χ4v) is 5.37. The van der Waals surface area contributed by atoms with Gasteiger partial charge in [-0.3, -0.25) is 9.78 Å². The number of carboxylic acid groups (broad SMARTS) is 1. The standard InChI is InChI=1S/C26H33F3N2O3/c1-14-5-7-16(8-6-14)34-21-12-11-20-17(23(21)26(27,28)29)9-10-19(31-20)15(2)30-22-13-18(24(32)33)25(22,3)4/h9-12,14-16,18,22,30H,5-8,13H2,1-4H3,(H,32,33)/t14-,15?,16+,18?,22?. The predicted octanol–water partition coefficient (Wildman–Crippen LogP) is 6.36. The summed E-state index contributed by atoms with van der Waals surface area (Å²) in [5, 5.41) is 12.8. The van der Waals surface area contributed by atoms with E-state index in [1.807, 2.05) is 20.8 Å². The Morgan fingerprint density at radius 3 is 2.44 bits per heavy atom. The maximum Gasteiger partial charge on any atom is 0.420 e. The number of fused-ring (bicyclic) bond motifs is 1. The molecule has 1 aromatic heterocycles. The van der Waals surface area contributed by atoms with Gasteiger partial charge in [-0.05, 0) is 68.6 Å². The second kappa shape index (κ2) is 9.02. The fraction of sp³-hybridized carbons (Fsp3) is 0.615. The van der Waals surface area contributed by atoms with Crippen molar-refractivity contribution in [3.8, 4) is 5.75 Å². The van der Waals surface area contributed by atoms with Crippen LogP contribution < -0.4 is 10.1 Å². The van der Waals surface area contributed by atoms with Crippen molar-refractivity contribution in [1.29, 1.82) is 0 Å². The fourth-order valence-electron chi connectivity index (χ4n) is 5.37. The van der Waals surface area contributed by atoms with Gasteiger partial charge in [0.2, 0.25) is 0 Å². The van der Waals surface area contributed by atoms with E-state index in [9.17, 15) is 23.1 Å². The van der Waals surface area contributed by atoms with Crippen LogP contribution in [0.2, 0.25) is 0 Å². The molecule has 4 rings (SSSR count). The van der Waals surface area contributed by atoms with Gasteiger partial charge in [0, 0.05) is 17.5 Å². The van der Waals surface area contributed by atoms with E-state index in [0.29, 0.717) is 18.0 Å². The minimum absolute atomic E-state index is 0.0131. The lowest BCUT2D eigenvalue weighted by molar-refractivity contribution is -0.155. The third-order valence-corrected chi connectivity index (χ3v) is 7.86. The quantitative estimate of drug-likeness (QED) is 0.505. The van der Waals surface area contributed by atoms with Crippen LogP contribution >= 0.6 is 0 Å².